The molecule has 1 amide bonds. The highest BCUT2D eigenvalue weighted by atomic mass is 35.5. The number of Topliss-reactive ketones (excluding diaryl/α,β-unsaturated/α-hetero) is 1. The van der Waals surface area contributed by atoms with E-state index in [0.29, 0.717) is 41.0 Å². The number of phenolic OH excluding ortho intramolecular Hbond substituents is 1. The van der Waals surface area contributed by atoms with Crippen LogP contribution >= 0.6 is 11.6 Å². The van der Waals surface area contributed by atoms with Gasteiger partial charge < -0.3 is 19.7 Å². The first-order chi connectivity index (χ1) is 16.8. The van der Waals surface area contributed by atoms with Gasteiger partial charge in [0.15, 0.2) is 0 Å². The molecule has 1 saturated heterocycles. The molecular formula is C27H24ClNO6. The number of nitrogens with zero attached hydrogens (tertiary/aromatic N) is 1. The maximum Gasteiger partial charge on any atom is 0.300 e. The number of anilines is 1. The zero-order chi connectivity index (χ0) is 25.1. The number of aliphatic hydroxyl groups is 1. The van der Waals surface area contributed by atoms with Crippen LogP contribution in [0.3, 0.4) is 0 Å². The van der Waals surface area contributed by atoms with Crippen molar-refractivity contribution in [3.63, 3.8) is 0 Å². The summed E-state index contributed by atoms with van der Waals surface area (Å²) in [5, 5.41) is 21.9. The van der Waals surface area contributed by atoms with E-state index < -0.39 is 23.5 Å². The minimum Gasteiger partial charge on any atom is -0.508 e. The molecule has 0 radical (unpaired) electrons. The minimum atomic E-state index is -1.01. The first-order valence-electron chi connectivity index (χ1n) is 11.1. The monoisotopic (exact) mass is 493 g/mol. The third-order valence-electron chi connectivity index (χ3n) is 5.54. The molecule has 1 aliphatic rings. The number of ether oxygens (including phenoxy) is 2. The van der Waals surface area contributed by atoms with Crippen LogP contribution in [0.4, 0.5) is 5.69 Å². The van der Waals surface area contributed by atoms with Crippen molar-refractivity contribution in [3.05, 3.63) is 88.5 Å². The largest absolute Gasteiger partial charge is 0.508 e. The van der Waals surface area contributed by atoms with Crippen molar-refractivity contribution in [1.29, 1.82) is 0 Å². The molecule has 35 heavy (non-hydrogen) atoms. The van der Waals surface area contributed by atoms with Gasteiger partial charge in [-0.05, 0) is 61.9 Å². The van der Waals surface area contributed by atoms with E-state index in [9.17, 15) is 19.8 Å². The molecule has 3 aromatic carbocycles. The lowest BCUT2D eigenvalue weighted by molar-refractivity contribution is -0.132. The van der Waals surface area contributed by atoms with Crippen molar-refractivity contribution < 1.29 is 29.3 Å². The van der Waals surface area contributed by atoms with Crippen LogP contribution in [0.1, 0.15) is 31.0 Å². The van der Waals surface area contributed by atoms with Crippen molar-refractivity contribution in [2.24, 2.45) is 0 Å². The molecule has 0 spiro atoms. The van der Waals surface area contributed by atoms with Crippen LogP contribution in [0.2, 0.25) is 5.02 Å². The predicted octanol–water partition coefficient (Wildman–Crippen LogP) is 5.47. The fourth-order valence-corrected chi connectivity index (χ4v) is 4.29. The predicted molar refractivity (Wildman–Crippen MR) is 133 cm³/mol. The van der Waals surface area contributed by atoms with Crippen molar-refractivity contribution in [2.45, 2.75) is 19.9 Å². The summed E-state index contributed by atoms with van der Waals surface area (Å²) in [6.07, 6.45) is 0. The molecule has 0 bridgehead atoms. The van der Waals surface area contributed by atoms with Gasteiger partial charge >= 0.3 is 0 Å². The Balaban J connectivity index is 1.95. The smallest absolute Gasteiger partial charge is 0.300 e. The first kappa shape index (κ1) is 24.2. The first-order valence-corrected chi connectivity index (χ1v) is 11.5. The van der Waals surface area contributed by atoms with Gasteiger partial charge in [0.05, 0.1) is 30.4 Å². The maximum atomic E-state index is 13.3. The van der Waals surface area contributed by atoms with Crippen LogP contribution < -0.4 is 14.4 Å². The number of phenols is 1. The van der Waals surface area contributed by atoms with Gasteiger partial charge in [-0.2, -0.15) is 0 Å². The van der Waals surface area contributed by atoms with Gasteiger partial charge in [0.2, 0.25) is 0 Å². The number of amides is 1. The molecule has 180 valence electrons. The van der Waals surface area contributed by atoms with Crippen LogP contribution in [-0.2, 0) is 9.59 Å². The summed E-state index contributed by atoms with van der Waals surface area (Å²) in [5.74, 6) is -1.29. The van der Waals surface area contributed by atoms with Crippen LogP contribution in [0.5, 0.6) is 17.2 Å². The molecule has 1 unspecified atom stereocenters. The fourth-order valence-electron chi connectivity index (χ4n) is 4.11. The topological polar surface area (TPSA) is 96.3 Å². The Morgan fingerprint density at radius 2 is 1.71 bits per heavy atom. The van der Waals surface area contributed by atoms with Crippen molar-refractivity contribution in [3.8, 4) is 17.2 Å². The quantitative estimate of drug-likeness (QED) is 0.257. The Hall–Kier alpha value is -3.97. The van der Waals surface area contributed by atoms with Gasteiger partial charge in [0, 0.05) is 16.8 Å². The molecule has 1 aliphatic heterocycles. The second kappa shape index (κ2) is 10.1. The number of aliphatic hydroxyl groups excluding tert-OH is 1. The standard InChI is InChI=1S/C27H24ClNO6/c1-3-34-20-11-12-21(22(15-20)35-4-2)25(31)23-24(16-7-5-10-19(30)13-16)29(27(33)26(23)32)18-9-6-8-17(28)14-18/h5-15,24,30-31H,3-4H2,1-2H3/b25-23-. The Labute approximate surface area is 207 Å². The number of carbonyl (C=O) groups excluding carboxylic acids is 2. The molecule has 0 aliphatic carbocycles. The second-order valence-corrected chi connectivity index (χ2v) is 8.20. The third kappa shape index (κ3) is 4.68. The molecule has 0 saturated carbocycles. The lowest BCUT2D eigenvalue weighted by Gasteiger charge is -2.26. The third-order valence-corrected chi connectivity index (χ3v) is 5.77. The summed E-state index contributed by atoms with van der Waals surface area (Å²) in [6, 6.07) is 16.6. The van der Waals surface area contributed by atoms with Gasteiger partial charge in [0.1, 0.15) is 23.0 Å². The highest BCUT2D eigenvalue weighted by Gasteiger charge is 2.47. The number of benzene rings is 3. The van der Waals surface area contributed by atoms with Crippen LogP contribution in [0.15, 0.2) is 72.3 Å². The van der Waals surface area contributed by atoms with E-state index in [0.717, 1.165) is 0 Å². The van der Waals surface area contributed by atoms with Gasteiger partial charge in [-0.15, -0.1) is 0 Å². The second-order valence-electron chi connectivity index (χ2n) is 7.77. The fraction of sp³-hybridized carbons (Fsp3) is 0.185. The average molecular weight is 494 g/mol. The van der Waals surface area contributed by atoms with Gasteiger partial charge in [0.25, 0.3) is 11.7 Å². The Morgan fingerprint density at radius 3 is 2.40 bits per heavy atom. The number of aromatic hydroxyl groups is 1. The Bertz CT molecular complexity index is 1320. The number of ketones is 1. The molecular weight excluding hydrogens is 470 g/mol. The number of carbonyl (C=O) groups is 2. The molecule has 1 atom stereocenters. The van der Waals surface area contributed by atoms with E-state index in [1.807, 2.05) is 6.92 Å². The van der Waals surface area contributed by atoms with E-state index >= 15 is 0 Å². The summed E-state index contributed by atoms with van der Waals surface area (Å²) >= 11 is 6.16. The Morgan fingerprint density at radius 1 is 0.971 bits per heavy atom. The minimum absolute atomic E-state index is 0.0461. The van der Waals surface area contributed by atoms with Crippen LogP contribution in [0.25, 0.3) is 5.76 Å². The molecule has 1 fully saturated rings. The summed E-state index contributed by atoms with van der Waals surface area (Å²) in [6.45, 7) is 4.39. The SMILES string of the molecule is CCOc1ccc(/C(O)=C2/C(=O)C(=O)N(c3cccc(Cl)c3)C2c2cccc(O)c2)c(OCC)c1. The van der Waals surface area contributed by atoms with E-state index in [1.165, 1.54) is 17.0 Å². The lowest BCUT2D eigenvalue weighted by Crippen LogP contribution is -2.29. The molecule has 4 rings (SSSR count). The molecule has 8 heteroatoms. The lowest BCUT2D eigenvalue weighted by atomic mass is 9.94. The number of hydrogen-bond donors (Lipinski definition) is 2. The Kier molecular flexibility index (Phi) is 6.98. The molecule has 2 N–H and O–H groups in total. The van der Waals surface area contributed by atoms with E-state index in [2.05, 4.69) is 0 Å². The van der Waals surface area contributed by atoms with E-state index in [4.69, 9.17) is 21.1 Å². The molecule has 0 aromatic heterocycles. The highest BCUT2D eigenvalue weighted by Crippen LogP contribution is 2.44. The normalized spacial score (nSPS) is 17.0. The van der Waals surface area contributed by atoms with Gasteiger partial charge in [-0.3, -0.25) is 14.5 Å². The average Bonchev–Trinajstić information content (AvgIpc) is 3.10. The highest BCUT2D eigenvalue weighted by molar-refractivity contribution is 6.51. The summed E-state index contributed by atoms with van der Waals surface area (Å²) < 4.78 is 11.2. The molecule has 7 nitrogen and oxygen atoms in total. The number of halogens is 1. The summed E-state index contributed by atoms with van der Waals surface area (Å²) in [7, 11) is 0. The van der Waals surface area contributed by atoms with Crippen molar-refractivity contribution in [2.75, 3.05) is 18.1 Å². The van der Waals surface area contributed by atoms with E-state index in [-0.39, 0.29) is 16.9 Å². The summed E-state index contributed by atoms with van der Waals surface area (Å²) in [5.41, 5.74) is 0.925. The van der Waals surface area contributed by atoms with Crippen LogP contribution in [-0.4, -0.2) is 35.1 Å². The zero-order valence-electron chi connectivity index (χ0n) is 19.2. The van der Waals surface area contributed by atoms with Crippen molar-refractivity contribution >= 4 is 34.7 Å². The summed E-state index contributed by atoms with van der Waals surface area (Å²) in [4.78, 5) is 27.8. The van der Waals surface area contributed by atoms with Crippen LogP contribution in [0, 0.1) is 0 Å². The molecule has 1 heterocycles. The zero-order valence-corrected chi connectivity index (χ0v) is 20.0. The number of rotatable bonds is 7. The number of hydrogen-bond acceptors (Lipinski definition) is 6. The van der Waals surface area contributed by atoms with Crippen molar-refractivity contribution in [1.82, 2.24) is 0 Å². The van der Waals surface area contributed by atoms with Gasteiger partial charge in [-0.25, -0.2) is 0 Å². The van der Waals surface area contributed by atoms with E-state index in [1.54, 1.807) is 61.5 Å². The maximum absolute atomic E-state index is 13.3. The van der Waals surface area contributed by atoms with Gasteiger partial charge in [-0.1, -0.05) is 29.8 Å². The molecule has 3 aromatic rings.